The Labute approximate surface area is 136 Å². The maximum atomic E-state index is 12.4. The molecule has 0 fully saturated rings. The van der Waals surface area contributed by atoms with Gasteiger partial charge < -0.3 is 9.14 Å². The van der Waals surface area contributed by atoms with Crippen LogP contribution in [0.25, 0.3) is 15.6 Å². The monoisotopic (exact) mass is 326 g/mol. The zero-order chi connectivity index (χ0) is 16.6. The summed E-state index contributed by atoms with van der Waals surface area (Å²) in [5.74, 6) is -0.467. The van der Waals surface area contributed by atoms with E-state index >= 15 is 0 Å². The number of hydrogen-bond donors (Lipinski definition) is 0. The number of fused-ring (bicyclic) bond motifs is 3. The average Bonchev–Trinajstić information content (AvgIpc) is 2.86. The number of pyridine rings is 1. The molecule has 0 aromatic carbocycles. The molecule has 0 radical (unpaired) electrons. The van der Waals surface area contributed by atoms with E-state index in [0.717, 1.165) is 34.2 Å². The number of ether oxygens (including phenoxy) is 1. The molecule has 0 saturated carbocycles. The van der Waals surface area contributed by atoms with E-state index in [1.807, 2.05) is 31.3 Å². The van der Waals surface area contributed by atoms with E-state index in [-0.39, 0.29) is 16.9 Å². The Morgan fingerprint density at radius 3 is 2.83 bits per heavy atom. The number of nitrogens with zero attached hydrogens (tertiary/aromatic N) is 2. The molecular weight excluding hydrogens is 312 g/mol. The van der Waals surface area contributed by atoms with E-state index in [1.54, 1.807) is 17.4 Å². The molecule has 23 heavy (non-hydrogen) atoms. The van der Waals surface area contributed by atoms with Crippen molar-refractivity contribution in [1.29, 1.82) is 5.26 Å². The second-order valence-corrected chi connectivity index (χ2v) is 6.00. The fourth-order valence-corrected chi connectivity index (χ4v) is 3.53. The number of esters is 1. The van der Waals surface area contributed by atoms with Crippen LogP contribution in [0, 0.1) is 11.3 Å². The van der Waals surface area contributed by atoms with Gasteiger partial charge >= 0.3 is 5.97 Å². The highest BCUT2D eigenvalue weighted by atomic mass is 32.1. The summed E-state index contributed by atoms with van der Waals surface area (Å²) >= 11 is 0.913. The molecule has 0 aliphatic carbocycles. The molecule has 0 saturated heterocycles. The summed E-state index contributed by atoms with van der Waals surface area (Å²) in [6.45, 7) is 4.02. The van der Waals surface area contributed by atoms with Crippen LogP contribution in [0.2, 0.25) is 0 Å². The van der Waals surface area contributed by atoms with Crippen molar-refractivity contribution in [2.45, 2.75) is 20.3 Å². The normalized spacial score (nSPS) is 10.8. The van der Waals surface area contributed by atoms with Crippen LogP contribution in [0.4, 0.5) is 0 Å². The van der Waals surface area contributed by atoms with Gasteiger partial charge in [0, 0.05) is 11.6 Å². The molecule has 0 unspecified atom stereocenters. The number of nitriles is 1. The molecule has 3 aromatic rings. The van der Waals surface area contributed by atoms with Crippen LogP contribution in [0.1, 0.15) is 35.5 Å². The van der Waals surface area contributed by atoms with Crippen molar-refractivity contribution in [3.63, 3.8) is 0 Å². The topological polar surface area (TPSA) is 71.6 Å². The van der Waals surface area contributed by atoms with E-state index in [1.165, 1.54) is 0 Å². The van der Waals surface area contributed by atoms with Crippen LogP contribution in [-0.4, -0.2) is 17.0 Å². The van der Waals surface area contributed by atoms with Crippen molar-refractivity contribution in [3.8, 4) is 6.07 Å². The van der Waals surface area contributed by atoms with Crippen molar-refractivity contribution in [3.05, 3.63) is 50.8 Å². The van der Waals surface area contributed by atoms with Crippen LogP contribution in [0.3, 0.4) is 0 Å². The molecule has 0 amide bonds. The Kier molecular flexibility index (Phi) is 3.89. The third-order valence-electron chi connectivity index (χ3n) is 3.69. The number of carbonyl (C=O) groups excluding carboxylic acids is 1. The van der Waals surface area contributed by atoms with Gasteiger partial charge in [0.05, 0.1) is 16.8 Å². The van der Waals surface area contributed by atoms with Crippen molar-refractivity contribution in [2.24, 2.45) is 0 Å². The average molecular weight is 326 g/mol. The molecule has 116 valence electrons. The van der Waals surface area contributed by atoms with Gasteiger partial charge in [-0.2, -0.15) is 5.26 Å². The lowest BCUT2D eigenvalue weighted by molar-refractivity contribution is 0.0521. The summed E-state index contributed by atoms with van der Waals surface area (Å²) in [5, 5.41) is 9.81. The number of aryl methyl sites for hydroxylation is 1. The molecule has 5 nitrogen and oxygen atoms in total. The zero-order valence-corrected chi connectivity index (χ0v) is 13.6. The highest BCUT2D eigenvalue weighted by molar-refractivity contribution is 7.17. The minimum absolute atomic E-state index is 0.0879. The highest BCUT2D eigenvalue weighted by Crippen LogP contribution is 2.30. The molecule has 0 spiro atoms. The lowest BCUT2D eigenvalue weighted by Crippen LogP contribution is -2.09. The van der Waals surface area contributed by atoms with E-state index in [4.69, 9.17) is 10.00 Å². The smallest absolute Gasteiger partial charge is 0.356 e. The number of rotatable bonds is 3. The molecule has 0 atom stereocenters. The first-order valence-corrected chi connectivity index (χ1v) is 8.10. The van der Waals surface area contributed by atoms with Gasteiger partial charge in [-0.25, -0.2) is 4.79 Å². The second kappa shape index (κ2) is 5.86. The van der Waals surface area contributed by atoms with E-state index in [0.29, 0.717) is 10.4 Å². The summed E-state index contributed by atoms with van der Waals surface area (Å²) in [4.78, 5) is 24.4. The Morgan fingerprint density at radius 1 is 1.39 bits per heavy atom. The fourth-order valence-electron chi connectivity index (χ4n) is 2.57. The molecule has 0 aliphatic heterocycles. The summed E-state index contributed by atoms with van der Waals surface area (Å²) in [5.41, 5.74) is 2.29. The van der Waals surface area contributed by atoms with Gasteiger partial charge in [0.2, 0.25) is 0 Å². The quantitative estimate of drug-likeness (QED) is 0.693. The number of aromatic nitrogens is 1. The minimum Gasteiger partial charge on any atom is -0.461 e. The van der Waals surface area contributed by atoms with Gasteiger partial charge in [-0.05, 0) is 31.0 Å². The molecule has 0 aliphatic rings. The summed E-state index contributed by atoms with van der Waals surface area (Å²) in [7, 11) is 0. The third-order valence-corrected chi connectivity index (χ3v) is 4.71. The van der Waals surface area contributed by atoms with E-state index < -0.39 is 5.97 Å². The predicted octanol–water partition coefficient (Wildman–Crippen LogP) is 3.12. The van der Waals surface area contributed by atoms with Crippen LogP contribution in [-0.2, 0) is 11.2 Å². The van der Waals surface area contributed by atoms with Gasteiger partial charge in [-0.15, -0.1) is 0 Å². The van der Waals surface area contributed by atoms with Crippen LogP contribution < -0.4 is 4.74 Å². The SMILES string of the molecule is CCOC(=O)c1c2sc(=O)c(C#N)cc2c2ccc(CC)cn12. The maximum Gasteiger partial charge on any atom is 0.356 e. The summed E-state index contributed by atoms with van der Waals surface area (Å²) in [6.07, 6.45) is 2.71. The lowest BCUT2D eigenvalue weighted by atomic mass is 10.2. The minimum atomic E-state index is -0.467. The van der Waals surface area contributed by atoms with E-state index in [2.05, 4.69) is 0 Å². The van der Waals surface area contributed by atoms with Crippen molar-refractivity contribution in [2.75, 3.05) is 6.61 Å². The largest absolute Gasteiger partial charge is 0.461 e. The van der Waals surface area contributed by atoms with Gasteiger partial charge in [-0.3, -0.25) is 4.79 Å². The maximum absolute atomic E-state index is 12.4. The predicted molar refractivity (Wildman–Crippen MR) is 89.1 cm³/mol. The van der Waals surface area contributed by atoms with Gasteiger partial charge in [-0.1, -0.05) is 24.3 Å². The van der Waals surface area contributed by atoms with Crippen molar-refractivity contribution < 1.29 is 9.53 Å². The van der Waals surface area contributed by atoms with Crippen molar-refractivity contribution in [1.82, 2.24) is 4.40 Å². The molecule has 3 aromatic heterocycles. The van der Waals surface area contributed by atoms with Crippen LogP contribution in [0.15, 0.2) is 29.2 Å². The van der Waals surface area contributed by atoms with Crippen LogP contribution >= 0.6 is 11.3 Å². The first kappa shape index (κ1) is 15.3. The van der Waals surface area contributed by atoms with Gasteiger partial charge in [0.15, 0.2) is 0 Å². The summed E-state index contributed by atoms with van der Waals surface area (Å²) in [6, 6.07) is 7.35. The van der Waals surface area contributed by atoms with E-state index in [9.17, 15) is 9.59 Å². The lowest BCUT2D eigenvalue weighted by Gasteiger charge is -2.04. The molecule has 3 rings (SSSR count). The first-order chi connectivity index (χ1) is 11.1. The molecule has 6 heteroatoms. The molecular formula is C17H14N2O3S. The Morgan fingerprint density at radius 2 is 2.17 bits per heavy atom. The molecule has 0 bridgehead atoms. The zero-order valence-electron chi connectivity index (χ0n) is 12.8. The van der Waals surface area contributed by atoms with Gasteiger partial charge in [0.25, 0.3) is 4.74 Å². The molecule has 0 N–H and O–H groups in total. The Hall–Kier alpha value is -2.65. The fraction of sp³-hybridized carbons (Fsp3) is 0.235. The van der Waals surface area contributed by atoms with Crippen LogP contribution in [0.5, 0.6) is 0 Å². The third kappa shape index (κ3) is 2.39. The standard InChI is InChI=1S/C17H14N2O3S/c1-3-10-5-6-13-12-7-11(8-18)17(21)23-15(12)14(19(13)9-10)16(20)22-4-2/h5-7,9H,3-4H2,1-2H3. The number of hydrogen-bond acceptors (Lipinski definition) is 5. The Bertz CT molecular complexity index is 1020. The molecule has 3 heterocycles. The van der Waals surface area contributed by atoms with Crippen molar-refractivity contribution >= 4 is 32.9 Å². The highest BCUT2D eigenvalue weighted by Gasteiger charge is 2.21. The Balaban J connectivity index is 2.48. The second-order valence-electron chi connectivity index (χ2n) is 5.02. The first-order valence-electron chi connectivity index (χ1n) is 7.28. The summed E-state index contributed by atoms with van der Waals surface area (Å²) < 4.78 is 7.12. The van der Waals surface area contributed by atoms with Gasteiger partial charge in [0.1, 0.15) is 17.3 Å². The number of carbonyl (C=O) groups is 1.